The Bertz CT molecular complexity index is 968. The first kappa shape index (κ1) is 20.3. The van der Waals surface area contributed by atoms with E-state index in [4.69, 9.17) is 14.2 Å². The summed E-state index contributed by atoms with van der Waals surface area (Å²) >= 11 is 0. The molecule has 0 amide bonds. The van der Waals surface area contributed by atoms with Gasteiger partial charge in [0.1, 0.15) is 18.6 Å². The lowest BCUT2D eigenvalue weighted by atomic mass is 10.2. The number of benzene rings is 3. The number of carbonyl (C=O) groups excluding carboxylic acids is 1. The molecule has 0 bridgehead atoms. The number of hydrogen-bond acceptors (Lipinski definition) is 4. The molecule has 3 aromatic rings. The summed E-state index contributed by atoms with van der Waals surface area (Å²) < 4.78 is 55.1. The van der Waals surface area contributed by atoms with Crippen LogP contribution in [-0.4, -0.2) is 13.4 Å². The van der Waals surface area contributed by atoms with Crippen molar-refractivity contribution in [3.05, 3.63) is 83.4 Å². The number of rotatable bonds is 7. The van der Waals surface area contributed by atoms with Crippen LogP contribution < -0.4 is 14.2 Å². The van der Waals surface area contributed by atoms with Crippen LogP contribution in [0.1, 0.15) is 21.5 Å². The van der Waals surface area contributed by atoms with Gasteiger partial charge in [0.2, 0.25) is 5.75 Å². The van der Waals surface area contributed by atoms with Crippen molar-refractivity contribution in [1.82, 2.24) is 0 Å². The van der Waals surface area contributed by atoms with Crippen molar-refractivity contribution in [2.75, 3.05) is 7.11 Å². The highest BCUT2D eigenvalue weighted by molar-refractivity contribution is 5.78. The number of alkyl halides is 3. The maximum Gasteiger partial charge on any atom is 0.416 e. The largest absolute Gasteiger partial charge is 0.493 e. The number of halogens is 3. The lowest BCUT2D eigenvalue weighted by Crippen LogP contribution is -2.04. The molecule has 0 unspecified atom stereocenters. The topological polar surface area (TPSA) is 44.8 Å². The van der Waals surface area contributed by atoms with E-state index in [0.29, 0.717) is 6.29 Å². The summed E-state index contributed by atoms with van der Waals surface area (Å²) in [4.78, 5) is 11.2. The van der Waals surface area contributed by atoms with Crippen LogP contribution in [0.3, 0.4) is 0 Å². The zero-order valence-electron chi connectivity index (χ0n) is 15.4. The summed E-state index contributed by atoms with van der Waals surface area (Å²) in [7, 11) is 1.42. The molecule has 0 aromatic heterocycles. The van der Waals surface area contributed by atoms with Crippen LogP contribution >= 0.6 is 0 Å². The highest BCUT2D eigenvalue weighted by Gasteiger charge is 2.30. The molecule has 0 radical (unpaired) electrons. The second kappa shape index (κ2) is 8.68. The van der Waals surface area contributed by atoms with Gasteiger partial charge in [0.25, 0.3) is 0 Å². The average Bonchev–Trinajstić information content (AvgIpc) is 2.72. The van der Waals surface area contributed by atoms with E-state index >= 15 is 0 Å². The van der Waals surface area contributed by atoms with E-state index in [9.17, 15) is 18.0 Å². The molecular formula is C22H17F3O4. The molecule has 0 aliphatic heterocycles. The van der Waals surface area contributed by atoms with Gasteiger partial charge in [-0.25, -0.2) is 0 Å². The molecule has 0 saturated carbocycles. The highest BCUT2D eigenvalue weighted by Crippen LogP contribution is 2.41. The number of methoxy groups -OCH3 is 1. The minimum absolute atomic E-state index is 0.155. The van der Waals surface area contributed by atoms with Gasteiger partial charge in [-0.2, -0.15) is 13.2 Å². The molecule has 0 aliphatic rings. The van der Waals surface area contributed by atoms with Gasteiger partial charge in [0.15, 0.2) is 11.5 Å². The quantitative estimate of drug-likeness (QED) is 0.462. The summed E-state index contributed by atoms with van der Waals surface area (Å²) in [6.07, 6.45) is -3.83. The summed E-state index contributed by atoms with van der Waals surface area (Å²) in [5.41, 5.74) is 0.384. The van der Waals surface area contributed by atoms with Crippen molar-refractivity contribution in [2.45, 2.75) is 12.8 Å². The fourth-order valence-corrected chi connectivity index (χ4v) is 2.60. The first-order valence-electron chi connectivity index (χ1n) is 8.60. The molecule has 3 aromatic carbocycles. The Labute approximate surface area is 165 Å². The second-order valence-corrected chi connectivity index (χ2v) is 6.07. The van der Waals surface area contributed by atoms with Crippen LogP contribution in [0.25, 0.3) is 0 Å². The summed E-state index contributed by atoms with van der Waals surface area (Å²) in [5.74, 6) is 0.823. The Hall–Kier alpha value is -3.48. The number of hydrogen-bond donors (Lipinski definition) is 0. The summed E-state index contributed by atoms with van der Waals surface area (Å²) in [6, 6.07) is 16.5. The number of ether oxygens (including phenoxy) is 3. The maximum atomic E-state index is 12.8. The van der Waals surface area contributed by atoms with E-state index in [1.807, 2.05) is 30.3 Å². The third kappa shape index (κ3) is 5.07. The Balaban J connectivity index is 1.92. The molecule has 0 spiro atoms. The van der Waals surface area contributed by atoms with E-state index in [2.05, 4.69) is 0 Å². The fourth-order valence-electron chi connectivity index (χ4n) is 2.60. The average molecular weight is 402 g/mol. The van der Waals surface area contributed by atoms with Crippen LogP contribution in [0.15, 0.2) is 66.7 Å². The molecule has 3 rings (SSSR count). The van der Waals surface area contributed by atoms with Gasteiger partial charge in [-0.05, 0) is 42.0 Å². The molecule has 150 valence electrons. The molecule has 0 aliphatic carbocycles. The minimum atomic E-state index is -4.44. The molecule has 0 saturated heterocycles. The molecule has 0 N–H and O–H groups in total. The third-order valence-electron chi connectivity index (χ3n) is 4.03. The SMILES string of the molecule is COc1cc(C=O)cc(Oc2ccc(C(F)(F)F)cc2)c1OCc1ccccc1. The first-order chi connectivity index (χ1) is 13.9. The first-order valence-corrected chi connectivity index (χ1v) is 8.60. The van der Waals surface area contributed by atoms with E-state index in [-0.39, 0.29) is 35.2 Å². The predicted octanol–water partition coefficient (Wildman–Crippen LogP) is 5.90. The van der Waals surface area contributed by atoms with E-state index in [0.717, 1.165) is 17.7 Å². The normalized spacial score (nSPS) is 11.0. The van der Waals surface area contributed by atoms with Crippen molar-refractivity contribution in [1.29, 1.82) is 0 Å². The van der Waals surface area contributed by atoms with Crippen molar-refractivity contribution in [3.63, 3.8) is 0 Å². The standard InChI is InChI=1S/C22H17F3O4/c1-27-19-11-16(13-26)12-20(21(19)28-14-15-5-3-2-4-6-15)29-18-9-7-17(8-10-18)22(23,24)25/h2-13H,14H2,1H3. The predicted molar refractivity (Wildman–Crippen MR) is 101 cm³/mol. The van der Waals surface area contributed by atoms with Crippen molar-refractivity contribution in [2.24, 2.45) is 0 Å². The third-order valence-corrected chi connectivity index (χ3v) is 4.03. The van der Waals surface area contributed by atoms with Crippen LogP contribution in [0, 0.1) is 0 Å². The zero-order valence-corrected chi connectivity index (χ0v) is 15.4. The molecule has 7 heteroatoms. The summed E-state index contributed by atoms with van der Waals surface area (Å²) in [5, 5.41) is 0. The smallest absolute Gasteiger partial charge is 0.416 e. The fraction of sp³-hybridized carbons (Fsp3) is 0.136. The van der Waals surface area contributed by atoms with Crippen LogP contribution in [-0.2, 0) is 12.8 Å². The van der Waals surface area contributed by atoms with Gasteiger partial charge in [-0.3, -0.25) is 4.79 Å². The van der Waals surface area contributed by atoms with E-state index in [1.54, 1.807) is 0 Å². The Morgan fingerprint density at radius 1 is 0.931 bits per heavy atom. The Kier molecular flexibility index (Phi) is 6.07. The van der Waals surface area contributed by atoms with E-state index < -0.39 is 11.7 Å². The molecule has 29 heavy (non-hydrogen) atoms. The van der Waals surface area contributed by atoms with Crippen molar-refractivity contribution in [3.8, 4) is 23.0 Å². The van der Waals surface area contributed by atoms with Gasteiger partial charge < -0.3 is 14.2 Å². The molecular weight excluding hydrogens is 385 g/mol. The molecule has 4 nitrogen and oxygen atoms in total. The van der Waals surface area contributed by atoms with Gasteiger partial charge in [-0.1, -0.05) is 30.3 Å². The lowest BCUT2D eigenvalue weighted by Gasteiger charge is -2.17. The minimum Gasteiger partial charge on any atom is -0.493 e. The Morgan fingerprint density at radius 2 is 1.59 bits per heavy atom. The number of carbonyl (C=O) groups is 1. The summed E-state index contributed by atoms with van der Waals surface area (Å²) in [6.45, 7) is 0.209. The highest BCUT2D eigenvalue weighted by atomic mass is 19.4. The van der Waals surface area contributed by atoms with E-state index in [1.165, 1.54) is 31.4 Å². The molecule has 0 atom stereocenters. The maximum absolute atomic E-state index is 12.8. The number of aldehydes is 1. The van der Waals surface area contributed by atoms with Crippen LogP contribution in [0.4, 0.5) is 13.2 Å². The van der Waals surface area contributed by atoms with Gasteiger partial charge in [0.05, 0.1) is 12.7 Å². The lowest BCUT2D eigenvalue weighted by molar-refractivity contribution is -0.137. The molecule has 0 heterocycles. The Morgan fingerprint density at radius 3 is 2.17 bits per heavy atom. The second-order valence-electron chi connectivity index (χ2n) is 6.07. The van der Waals surface area contributed by atoms with Crippen molar-refractivity contribution < 1.29 is 32.2 Å². The van der Waals surface area contributed by atoms with Crippen LogP contribution in [0.2, 0.25) is 0 Å². The molecule has 0 fully saturated rings. The monoisotopic (exact) mass is 402 g/mol. The van der Waals surface area contributed by atoms with Crippen molar-refractivity contribution >= 4 is 6.29 Å². The zero-order chi connectivity index (χ0) is 20.9. The van der Waals surface area contributed by atoms with Gasteiger partial charge >= 0.3 is 6.18 Å². The van der Waals surface area contributed by atoms with Gasteiger partial charge in [-0.15, -0.1) is 0 Å². The van der Waals surface area contributed by atoms with Gasteiger partial charge in [0, 0.05) is 5.56 Å². The van der Waals surface area contributed by atoms with Crippen LogP contribution in [0.5, 0.6) is 23.0 Å².